The number of methoxy groups -OCH3 is 2. The molecule has 0 N–H and O–H groups in total. The van der Waals surface area contributed by atoms with Crippen LogP contribution in [0.1, 0.15) is 0 Å². The van der Waals surface area contributed by atoms with Gasteiger partial charge in [0.2, 0.25) is 0 Å². The number of anilines is 1. The first-order chi connectivity index (χ1) is 10.3. The van der Waals surface area contributed by atoms with Crippen molar-refractivity contribution in [3.05, 3.63) is 23.6 Å². The molecule has 3 rings (SSSR count). The molecule has 1 aromatic carbocycles. The predicted molar refractivity (Wildman–Crippen MR) is 90.2 cm³/mol. The van der Waals surface area contributed by atoms with Crippen molar-refractivity contribution in [3.8, 4) is 22.8 Å². The Morgan fingerprint density at radius 3 is 2.57 bits per heavy atom. The molecule has 2 heterocycles. The molecule has 0 aliphatic carbocycles. The van der Waals surface area contributed by atoms with Crippen LogP contribution in [0.15, 0.2) is 23.6 Å². The van der Waals surface area contributed by atoms with Crippen molar-refractivity contribution in [1.29, 1.82) is 0 Å². The highest BCUT2D eigenvalue weighted by Gasteiger charge is 2.15. The van der Waals surface area contributed by atoms with E-state index in [1.54, 1.807) is 25.6 Å². The molecule has 0 saturated carbocycles. The molecular weight excluding hydrogens is 304 g/mol. The van der Waals surface area contributed by atoms with E-state index < -0.39 is 0 Å². The molecular formula is C15H18N2O2S2. The first-order valence-electron chi connectivity index (χ1n) is 6.82. The van der Waals surface area contributed by atoms with E-state index >= 15 is 0 Å². The van der Waals surface area contributed by atoms with Crippen LogP contribution in [-0.2, 0) is 0 Å². The van der Waals surface area contributed by atoms with Gasteiger partial charge in [-0.15, -0.1) is 11.3 Å². The van der Waals surface area contributed by atoms with Gasteiger partial charge in [0.05, 0.1) is 19.9 Å². The molecule has 1 aromatic heterocycles. The van der Waals surface area contributed by atoms with Crippen molar-refractivity contribution in [2.75, 3.05) is 43.7 Å². The van der Waals surface area contributed by atoms with Crippen LogP contribution in [-0.4, -0.2) is 43.8 Å². The first kappa shape index (κ1) is 14.5. The number of nitrogens with zero attached hydrogens (tertiary/aromatic N) is 2. The number of hydrogen-bond acceptors (Lipinski definition) is 6. The maximum Gasteiger partial charge on any atom is 0.185 e. The van der Waals surface area contributed by atoms with Gasteiger partial charge in [-0.25, -0.2) is 4.98 Å². The number of thioether (sulfide) groups is 1. The number of rotatable bonds is 4. The summed E-state index contributed by atoms with van der Waals surface area (Å²) in [6.45, 7) is 2.17. The van der Waals surface area contributed by atoms with Gasteiger partial charge in [-0.2, -0.15) is 11.8 Å². The molecule has 1 fully saturated rings. The first-order valence-corrected chi connectivity index (χ1v) is 8.86. The van der Waals surface area contributed by atoms with Crippen molar-refractivity contribution in [2.24, 2.45) is 0 Å². The summed E-state index contributed by atoms with van der Waals surface area (Å²) in [6, 6.07) is 5.92. The second-order valence-electron chi connectivity index (χ2n) is 4.68. The molecule has 21 heavy (non-hydrogen) atoms. The molecule has 0 atom stereocenters. The third kappa shape index (κ3) is 3.11. The molecule has 0 amide bonds. The molecule has 1 aliphatic rings. The molecule has 0 bridgehead atoms. The lowest BCUT2D eigenvalue weighted by molar-refractivity contribution is 0.355. The second-order valence-corrected chi connectivity index (χ2v) is 6.75. The van der Waals surface area contributed by atoms with Gasteiger partial charge in [-0.1, -0.05) is 0 Å². The zero-order valence-electron chi connectivity index (χ0n) is 12.2. The summed E-state index contributed by atoms with van der Waals surface area (Å²) in [6.07, 6.45) is 0. The number of hydrogen-bond donors (Lipinski definition) is 0. The topological polar surface area (TPSA) is 34.6 Å². The van der Waals surface area contributed by atoms with E-state index in [9.17, 15) is 0 Å². The Kier molecular flexibility index (Phi) is 4.55. The number of ether oxygens (including phenoxy) is 2. The highest BCUT2D eigenvalue weighted by atomic mass is 32.2. The molecule has 4 nitrogen and oxygen atoms in total. The van der Waals surface area contributed by atoms with E-state index in [0.717, 1.165) is 41.0 Å². The van der Waals surface area contributed by atoms with Crippen LogP contribution in [0.2, 0.25) is 0 Å². The standard InChI is InChI=1S/C15H18N2O2S2/c1-18-13-4-3-11(9-14(13)19-2)12-10-21-15(16-12)17-5-7-20-8-6-17/h3-4,9-10H,5-8H2,1-2H3. The van der Waals surface area contributed by atoms with Gasteiger partial charge >= 0.3 is 0 Å². The van der Waals surface area contributed by atoms with E-state index in [1.807, 2.05) is 30.0 Å². The predicted octanol–water partition coefficient (Wildman–Crippen LogP) is 3.38. The lowest BCUT2D eigenvalue weighted by Crippen LogP contribution is -2.32. The van der Waals surface area contributed by atoms with Crippen molar-refractivity contribution < 1.29 is 9.47 Å². The highest BCUT2D eigenvalue weighted by molar-refractivity contribution is 7.99. The van der Waals surface area contributed by atoms with Gasteiger partial charge < -0.3 is 14.4 Å². The van der Waals surface area contributed by atoms with E-state index in [-0.39, 0.29) is 0 Å². The Bertz CT molecular complexity index is 609. The van der Waals surface area contributed by atoms with Gasteiger partial charge in [0, 0.05) is 35.5 Å². The van der Waals surface area contributed by atoms with Crippen LogP contribution in [0, 0.1) is 0 Å². The van der Waals surface area contributed by atoms with Gasteiger partial charge in [-0.05, 0) is 18.2 Å². The molecule has 0 unspecified atom stereocenters. The Balaban J connectivity index is 1.85. The lowest BCUT2D eigenvalue weighted by atomic mass is 10.1. The molecule has 112 valence electrons. The second kappa shape index (κ2) is 6.58. The Morgan fingerprint density at radius 1 is 1.10 bits per heavy atom. The SMILES string of the molecule is COc1ccc(-c2csc(N3CCSCC3)n2)cc1OC. The molecule has 6 heteroatoms. The maximum absolute atomic E-state index is 5.36. The van der Waals surface area contributed by atoms with E-state index in [4.69, 9.17) is 14.5 Å². The van der Waals surface area contributed by atoms with Crippen molar-refractivity contribution in [3.63, 3.8) is 0 Å². The normalized spacial score (nSPS) is 15.0. The molecule has 2 aromatic rings. The van der Waals surface area contributed by atoms with Gasteiger partial charge in [0.1, 0.15) is 0 Å². The minimum atomic E-state index is 0.735. The van der Waals surface area contributed by atoms with Crippen LogP contribution >= 0.6 is 23.1 Å². The maximum atomic E-state index is 5.36. The fourth-order valence-electron chi connectivity index (χ4n) is 2.29. The zero-order valence-corrected chi connectivity index (χ0v) is 13.8. The molecule has 1 aliphatic heterocycles. The Morgan fingerprint density at radius 2 is 1.86 bits per heavy atom. The van der Waals surface area contributed by atoms with E-state index in [0.29, 0.717) is 0 Å². The number of benzene rings is 1. The van der Waals surface area contributed by atoms with Crippen LogP contribution in [0.25, 0.3) is 11.3 Å². The molecule has 0 radical (unpaired) electrons. The van der Waals surface area contributed by atoms with Gasteiger partial charge in [0.15, 0.2) is 16.6 Å². The molecule has 1 saturated heterocycles. The highest BCUT2D eigenvalue weighted by Crippen LogP contribution is 2.34. The van der Waals surface area contributed by atoms with E-state index in [2.05, 4.69) is 10.3 Å². The van der Waals surface area contributed by atoms with Gasteiger partial charge in [-0.3, -0.25) is 0 Å². The summed E-state index contributed by atoms with van der Waals surface area (Å²) in [5.41, 5.74) is 2.05. The van der Waals surface area contributed by atoms with E-state index in [1.165, 1.54) is 11.5 Å². The fourth-order valence-corrected chi connectivity index (χ4v) is 4.08. The smallest absolute Gasteiger partial charge is 0.185 e. The van der Waals surface area contributed by atoms with Crippen molar-refractivity contribution in [2.45, 2.75) is 0 Å². The summed E-state index contributed by atoms with van der Waals surface area (Å²) in [7, 11) is 3.30. The Labute approximate surface area is 133 Å². The van der Waals surface area contributed by atoms with Crippen LogP contribution in [0.3, 0.4) is 0 Å². The average Bonchev–Trinajstić information content (AvgIpc) is 3.05. The Hall–Kier alpha value is -1.40. The minimum Gasteiger partial charge on any atom is -0.493 e. The van der Waals surface area contributed by atoms with Crippen molar-refractivity contribution in [1.82, 2.24) is 4.98 Å². The zero-order chi connectivity index (χ0) is 14.7. The van der Waals surface area contributed by atoms with Crippen LogP contribution < -0.4 is 14.4 Å². The largest absolute Gasteiger partial charge is 0.493 e. The minimum absolute atomic E-state index is 0.735. The summed E-state index contributed by atoms with van der Waals surface area (Å²) in [5.74, 6) is 3.85. The third-order valence-electron chi connectivity index (χ3n) is 3.45. The fraction of sp³-hybridized carbons (Fsp3) is 0.400. The van der Waals surface area contributed by atoms with Crippen LogP contribution in [0.4, 0.5) is 5.13 Å². The van der Waals surface area contributed by atoms with Crippen LogP contribution in [0.5, 0.6) is 11.5 Å². The number of aromatic nitrogens is 1. The van der Waals surface area contributed by atoms with Gasteiger partial charge in [0.25, 0.3) is 0 Å². The summed E-state index contributed by atoms with van der Waals surface area (Å²) >= 11 is 3.72. The third-order valence-corrected chi connectivity index (χ3v) is 5.30. The monoisotopic (exact) mass is 322 g/mol. The lowest BCUT2D eigenvalue weighted by Gasteiger charge is -2.25. The molecule has 0 spiro atoms. The summed E-state index contributed by atoms with van der Waals surface area (Å²) in [5, 5.41) is 3.22. The quantitative estimate of drug-likeness (QED) is 0.862. The summed E-state index contributed by atoms with van der Waals surface area (Å²) in [4.78, 5) is 7.14. The van der Waals surface area contributed by atoms with Crippen molar-refractivity contribution >= 4 is 28.2 Å². The summed E-state index contributed by atoms with van der Waals surface area (Å²) < 4.78 is 10.6. The average molecular weight is 322 g/mol. The number of thiazole rings is 1.